The quantitative estimate of drug-likeness (QED) is 0.571. The molecule has 0 amide bonds. The number of hydrazone groups is 1. The summed E-state index contributed by atoms with van der Waals surface area (Å²) in [5.41, 5.74) is 6.60. The minimum Gasteiger partial charge on any atom is -0.422 e. The normalized spacial score (nSPS) is 11.2. The van der Waals surface area contributed by atoms with Crippen LogP contribution in [0.15, 0.2) is 58.0 Å². The van der Waals surface area contributed by atoms with Crippen molar-refractivity contribution in [3.63, 3.8) is 0 Å². The Morgan fingerprint density at radius 3 is 2.74 bits per heavy atom. The molecule has 1 N–H and O–H groups in total. The van der Waals surface area contributed by atoms with Crippen molar-refractivity contribution < 1.29 is 4.42 Å². The summed E-state index contributed by atoms with van der Waals surface area (Å²) >= 11 is 0. The summed E-state index contributed by atoms with van der Waals surface area (Å²) in [6, 6.07) is 16.0. The smallest absolute Gasteiger partial charge is 0.316 e. The van der Waals surface area contributed by atoms with Crippen LogP contribution >= 0.6 is 0 Å². The molecule has 0 saturated heterocycles. The van der Waals surface area contributed by atoms with Crippen molar-refractivity contribution in [1.82, 2.24) is 4.98 Å². The van der Waals surface area contributed by atoms with Gasteiger partial charge in [0.2, 0.25) is 0 Å². The number of anilines is 1. The number of nitrogens with one attached hydrogen (secondary N) is 1. The van der Waals surface area contributed by atoms with Crippen LogP contribution in [0.4, 0.5) is 6.01 Å². The van der Waals surface area contributed by atoms with E-state index in [0.29, 0.717) is 6.01 Å². The molecule has 0 aliphatic heterocycles. The molecule has 1 aromatic heterocycles. The number of fused-ring (bicyclic) bond motifs is 1. The van der Waals surface area contributed by atoms with Crippen LogP contribution in [-0.2, 0) is 0 Å². The van der Waals surface area contributed by atoms with E-state index in [1.807, 2.05) is 55.5 Å². The Labute approximate surface area is 110 Å². The van der Waals surface area contributed by atoms with Crippen molar-refractivity contribution in [3.8, 4) is 0 Å². The second-order valence-electron chi connectivity index (χ2n) is 4.21. The molecule has 0 atom stereocenters. The second-order valence-corrected chi connectivity index (χ2v) is 4.21. The summed E-state index contributed by atoms with van der Waals surface area (Å²) in [6.45, 7) is 2.04. The molecule has 4 nitrogen and oxygen atoms in total. The zero-order valence-corrected chi connectivity index (χ0v) is 10.5. The molecule has 3 aromatic rings. The zero-order valence-electron chi connectivity index (χ0n) is 10.5. The number of oxazole rings is 1. The molecule has 0 spiro atoms. The van der Waals surface area contributed by atoms with E-state index in [1.54, 1.807) is 6.21 Å². The van der Waals surface area contributed by atoms with Crippen LogP contribution in [0.2, 0.25) is 0 Å². The summed E-state index contributed by atoms with van der Waals surface area (Å²) in [5.74, 6) is 0. The molecule has 0 aliphatic carbocycles. The van der Waals surface area contributed by atoms with Gasteiger partial charge in [0.05, 0.1) is 6.21 Å². The average molecular weight is 251 g/mol. The molecule has 0 aliphatic rings. The number of hydrogen-bond donors (Lipinski definition) is 1. The molecule has 0 radical (unpaired) electrons. The summed E-state index contributed by atoms with van der Waals surface area (Å²) in [4.78, 5) is 4.27. The zero-order chi connectivity index (χ0) is 13.1. The third kappa shape index (κ3) is 2.47. The highest BCUT2D eigenvalue weighted by Crippen LogP contribution is 2.17. The van der Waals surface area contributed by atoms with E-state index < -0.39 is 0 Å². The Hall–Kier alpha value is -2.62. The predicted octanol–water partition coefficient (Wildman–Crippen LogP) is 3.58. The SMILES string of the molecule is Cc1ccccc1/C=N\Nc1nc2ccccc2o1. The largest absolute Gasteiger partial charge is 0.422 e. The Kier molecular flexibility index (Phi) is 2.98. The molecular formula is C15H13N3O. The average Bonchev–Trinajstić information content (AvgIpc) is 2.83. The van der Waals surface area contributed by atoms with Crippen molar-refractivity contribution in [2.75, 3.05) is 5.43 Å². The van der Waals surface area contributed by atoms with Gasteiger partial charge in [0.25, 0.3) is 0 Å². The molecule has 94 valence electrons. The molecule has 4 heteroatoms. The van der Waals surface area contributed by atoms with Crippen LogP contribution in [-0.4, -0.2) is 11.2 Å². The molecule has 0 bridgehead atoms. The lowest BCUT2D eigenvalue weighted by molar-refractivity contribution is 0.617. The van der Waals surface area contributed by atoms with Gasteiger partial charge in [-0.05, 0) is 30.2 Å². The maximum absolute atomic E-state index is 5.50. The van der Waals surface area contributed by atoms with Crippen molar-refractivity contribution in [2.45, 2.75) is 6.92 Å². The van der Waals surface area contributed by atoms with Gasteiger partial charge in [-0.2, -0.15) is 10.1 Å². The molecule has 0 unspecified atom stereocenters. The van der Waals surface area contributed by atoms with Crippen LogP contribution in [0, 0.1) is 6.92 Å². The highest BCUT2D eigenvalue weighted by Gasteiger charge is 2.02. The fourth-order valence-corrected chi connectivity index (χ4v) is 1.81. The van der Waals surface area contributed by atoms with Gasteiger partial charge in [-0.1, -0.05) is 36.4 Å². The van der Waals surface area contributed by atoms with E-state index in [0.717, 1.165) is 16.7 Å². The minimum atomic E-state index is 0.394. The number of aromatic nitrogens is 1. The molecule has 1 heterocycles. The van der Waals surface area contributed by atoms with Gasteiger partial charge in [0.1, 0.15) is 5.52 Å². The predicted molar refractivity (Wildman–Crippen MR) is 76.4 cm³/mol. The van der Waals surface area contributed by atoms with Crippen LogP contribution in [0.25, 0.3) is 11.1 Å². The molecule has 2 aromatic carbocycles. The first-order valence-electron chi connectivity index (χ1n) is 6.03. The highest BCUT2D eigenvalue weighted by molar-refractivity contribution is 5.82. The fraction of sp³-hybridized carbons (Fsp3) is 0.0667. The van der Waals surface area contributed by atoms with E-state index in [1.165, 1.54) is 5.56 Å². The molecule has 3 rings (SSSR count). The fourth-order valence-electron chi connectivity index (χ4n) is 1.81. The highest BCUT2D eigenvalue weighted by atomic mass is 16.4. The monoisotopic (exact) mass is 251 g/mol. The Bertz CT molecular complexity index is 698. The van der Waals surface area contributed by atoms with Crippen LogP contribution in [0.5, 0.6) is 0 Å². The topological polar surface area (TPSA) is 50.4 Å². The lowest BCUT2D eigenvalue weighted by atomic mass is 10.1. The molecule has 0 fully saturated rings. The third-order valence-corrected chi connectivity index (χ3v) is 2.85. The van der Waals surface area contributed by atoms with E-state index in [-0.39, 0.29) is 0 Å². The molecule has 0 saturated carbocycles. The summed E-state index contributed by atoms with van der Waals surface area (Å²) in [5, 5.41) is 4.14. The van der Waals surface area contributed by atoms with E-state index in [4.69, 9.17) is 4.42 Å². The van der Waals surface area contributed by atoms with Crippen LogP contribution in [0.3, 0.4) is 0 Å². The first-order valence-corrected chi connectivity index (χ1v) is 6.03. The van der Waals surface area contributed by atoms with Crippen molar-refractivity contribution in [2.24, 2.45) is 5.10 Å². The van der Waals surface area contributed by atoms with Gasteiger partial charge < -0.3 is 4.42 Å². The first-order chi connectivity index (χ1) is 9.33. The van der Waals surface area contributed by atoms with Crippen molar-refractivity contribution in [1.29, 1.82) is 0 Å². The number of aryl methyl sites for hydroxylation is 1. The summed E-state index contributed by atoms with van der Waals surface area (Å²) < 4.78 is 5.50. The second kappa shape index (κ2) is 4.94. The van der Waals surface area contributed by atoms with Crippen LogP contribution < -0.4 is 5.43 Å². The van der Waals surface area contributed by atoms with E-state index in [9.17, 15) is 0 Å². The van der Waals surface area contributed by atoms with Crippen molar-refractivity contribution >= 4 is 23.3 Å². The first kappa shape index (κ1) is 11.5. The summed E-state index contributed by atoms with van der Waals surface area (Å²) in [6.07, 6.45) is 1.75. The Morgan fingerprint density at radius 1 is 1.11 bits per heavy atom. The van der Waals surface area contributed by atoms with Crippen molar-refractivity contribution in [3.05, 3.63) is 59.7 Å². The van der Waals surface area contributed by atoms with Gasteiger partial charge in [0.15, 0.2) is 5.58 Å². The maximum Gasteiger partial charge on any atom is 0.316 e. The number of hydrogen-bond acceptors (Lipinski definition) is 4. The molecule has 19 heavy (non-hydrogen) atoms. The standard InChI is InChI=1S/C15H13N3O/c1-11-6-2-3-7-12(11)10-16-18-15-17-13-8-4-5-9-14(13)19-15/h2-10H,1H3,(H,17,18)/b16-10-. The van der Waals surface area contributed by atoms with Gasteiger partial charge in [-0.15, -0.1) is 0 Å². The minimum absolute atomic E-state index is 0.394. The summed E-state index contributed by atoms with van der Waals surface area (Å²) in [7, 11) is 0. The Morgan fingerprint density at radius 2 is 1.89 bits per heavy atom. The van der Waals surface area contributed by atoms with Gasteiger partial charge in [-0.25, -0.2) is 5.43 Å². The van der Waals surface area contributed by atoms with Gasteiger partial charge >= 0.3 is 6.01 Å². The number of para-hydroxylation sites is 2. The lowest BCUT2D eigenvalue weighted by Gasteiger charge is -1.97. The third-order valence-electron chi connectivity index (χ3n) is 2.85. The number of nitrogens with zero attached hydrogens (tertiary/aromatic N) is 2. The van der Waals surface area contributed by atoms with E-state index >= 15 is 0 Å². The van der Waals surface area contributed by atoms with E-state index in [2.05, 4.69) is 15.5 Å². The molecular weight excluding hydrogens is 238 g/mol. The number of rotatable bonds is 3. The Balaban J connectivity index is 1.77. The number of benzene rings is 2. The van der Waals surface area contributed by atoms with Gasteiger partial charge in [0, 0.05) is 0 Å². The van der Waals surface area contributed by atoms with Crippen LogP contribution in [0.1, 0.15) is 11.1 Å². The maximum atomic E-state index is 5.50. The lowest BCUT2D eigenvalue weighted by Crippen LogP contribution is -1.92. The van der Waals surface area contributed by atoms with Gasteiger partial charge in [-0.3, -0.25) is 0 Å².